The van der Waals surface area contributed by atoms with E-state index in [0.29, 0.717) is 10.0 Å². The van der Waals surface area contributed by atoms with E-state index in [1.165, 1.54) is 0 Å². The van der Waals surface area contributed by atoms with Gasteiger partial charge in [0.05, 0.1) is 40.5 Å². The number of anilines is 1. The van der Waals surface area contributed by atoms with Crippen LogP contribution in [0.1, 0.15) is 6.42 Å². The van der Waals surface area contributed by atoms with Crippen molar-refractivity contribution >= 4 is 40.1 Å². The van der Waals surface area contributed by atoms with Gasteiger partial charge in [0.2, 0.25) is 0 Å². The van der Waals surface area contributed by atoms with Crippen molar-refractivity contribution in [3.05, 3.63) is 28.4 Å². The molecule has 1 aromatic carbocycles. The van der Waals surface area contributed by atoms with Crippen LogP contribution in [0.25, 0.3) is 11.0 Å². The first-order valence-electron chi connectivity index (χ1n) is 7.38. The van der Waals surface area contributed by atoms with Crippen molar-refractivity contribution in [2.75, 3.05) is 44.7 Å². The van der Waals surface area contributed by atoms with E-state index < -0.39 is 0 Å². The highest BCUT2D eigenvalue weighted by atomic mass is 35.5. The van der Waals surface area contributed by atoms with Crippen LogP contribution < -0.4 is 5.32 Å². The zero-order chi connectivity index (χ0) is 15.4. The van der Waals surface area contributed by atoms with Crippen LogP contribution in [0.15, 0.2) is 18.3 Å². The molecule has 0 bridgehead atoms. The molecule has 0 radical (unpaired) electrons. The second-order valence-electron chi connectivity index (χ2n) is 5.24. The van der Waals surface area contributed by atoms with Gasteiger partial charge in [-0.25, -0.2) is 4.98 Å². The lowest BCUT2D eigenvalue weighted by atomic mass is 10.3. The number of halogens is 2. The van der Waals surface area contributed by atoms with Crippen LogP contribution in [0.3, 0.4) is 0 Å². The number of hydrogen-bond acceptors (Lipinski definition) is 5. The quantitative estimate of drug-likeness (QED) is 0.847. The molecular weight excluding hydrogens is 323 g/mol. The van der Waals surface area contributed by atoms with Crippen LogP contribution in [0.5, 0.6) is 0 Å². The maximum atomic E-state index is 6.02. The SMILES string of the molecule is Clc1cc2ncc(NCCCN3CCOCC3)nc2cc1Cl. The molecule has 0 unspecified atom stereocenters. The smallest absolute Gasteiger partial charge is 0.145 e. The van der Waals surface area contributed by atoms with Crippen molar-refractivity contribution in [2.45, 2.75) is 6.42 Å². The molecule has 1 fully saturated rings. The predicted octanol–water partition coefficient (Wildman–Crippen LogP) is 3.07. The summed E-state index contributed by atoms with van der Waals surface area (Å²) in [5.74, 6) is 0.757. The molecule has 5 nitrogen and oxygen atoms in total. The molecule has 2 aromatic rings. The number of fused-ring (bicyclic) bond motifs is 1. The van der Waals surface area contributed by atoms with Crippen LogP contribution in [0, 0.1) is 0 Å². The largest absolute Gasteiger partial charge is 0.379 e. The summed E-state index contributed by atoms with van der Waals surface area (Å²) in [4.78, 5) is 11.3. The van der Waals surface area contributed by atoms with Crippen LogP contribution in [-0.2, 0) is 4.74 Å². The molecule has 3 rings (SSSR count). The molecule has 118 valence electrons. The Morgan fingerprint density at radius 1 is 1.14 bits per heavy atom. The second-order valence-corrected chi connectivity index (χ2v) is 6.06. The number of morpholine rings is 1. The van der Waals surface area contributed by atoms with Gasteiger partial charge in [-0.3, -0.25) is 9.88 Å². The number of rotatable bonds is 5. The lowest BCUT2D eigenvalue weighted by Crippen LogP contribution is -2.37. The van der Waals surface area contributed by atoms with Gasteiger partial charge in [-0.05, 0) is 25.1 Å². The van der Waals surface area contributed by atoms with Gasteiger partial charge < -0.3 is 10.1 Å². The van der Waals surface area contributed by atoms with E-state index in [2.05, 4.69) is 20.2 Å². The Kier molecular flexibility index (Phi) is 5.31. The molecule has 1 N–H and O–H groups in total. The first kappa shape index (κ1) is 15.7. The predicted molar refractivity (Wildman–Crippen MR) is 89.9 cm³/mol. The minimum absolute atomic E-state index is 0.493. The highest BCUT2D eigenvalue weighted by Gasteiger charge is 2.09. The second kappa shape index (κ2) is 7.42. The minimum atomic E-state index is 0.493. The minimum Gasteiger partial charge on any atom is -0.379 e. The summed E-state index contributed by atoms with van der Waals surface area (Å²) in [6.45, 7) is 5.65. The molecule has 1 aromatic heterocycles. The normalized spacial score (nSPS) is 16.1. The molecule has 1 aliphatic rings. The highest BCUT2D eigenvalue weighted by Crippen LogP contribution is 2.26. The summed E-state index contributed by atoms with van der Waals surface area (Å²) in [5, 5.41) is 4.29. The zero-order valence-electron chi connectivity index (χ0n) is 12.2. The zero-order valence-corrected chi connectivity index (χ0v) is 13.7. The molecule has 0 atom stereocenters. The first-order valence-corrected chi connectivity index (χ1v) is 8.14. The van der Waals surface area contributed by atoms with Crippen molar-refractivity contribution in [3.63, 3.8) is 0 Å². The van der Waals surface area contributed by atoms with Gasteiger partial charge in [0.15, 0.2) is 0 Å². The Morgan fingerprint density at radius 2 is 1.86 bits per heavy atom. The van der Waals surface area contributed by atoms with E-state index in [-0.39, 0.29) is 0 Å². The number of hydrogen-bond donors (Lipinski definition) is 1. The Hall–Kier alpha value is -1.14. The Morgan fingerprint density at radius 3 is 2.64 bits per heavy atom. The molecule has 0 saturated carbocycles. The fourth-order valence-corrected chi connectivity index (χ4v) is 2.75. The maximum Gasteiger partial charge on any atom is 0.145 e. The fraction of sp³-hybridized carbons (Fsp3) is 0.467. The summed E-state index contributed by atoms with van der Waals surface area (Å²) in [6.07, 6.45) is 2.78. The first-order chi connectivity index (χ1) is 10.7. The Bertz CT molecular complexity index is 647. The summed E-state index contributed by atoms with van der Waals surface area (Å²) >= 11 is 12.0. The fourth-order valence-electron chi connectivity index (χ4n) is 2.44. The summed E-state index contributed by atoms with van der Waals surface area (Å²) < 4.78 is 5.34. The Labute approximate surface area is 139 Å². The number of benzene rings is 1. The number of ether oxygens (including phenoxy) is 1. The molecule has 0 spiro atoms. The number of nitrogens with one attached hydrogen (secondary N) is 1. The van der Waals surface area contributed by atoms with Gasteiger partial charge >= 0.3 is 0 Å². The third-order valence-electron chi connectivity index (χ3n) is 3.65. The van der Waals surface area contributed by atoms with Crippen LogP contribution in [0.2, 0.25) is 10.0 Å². The third kappa shape index (κ3) is 3.98. The molecule has 0 amide bonds. The summed E-state index contributed by atoms with van der Waals surface area (Å²) in [5.41, 5.74) is 1.49. The van der Waals surface area contributed by atoms with Crippen molar-refractivity contribution in [2.24, 2.45) is 0 Å². The topological polar surface area (TPSA) is 50.3 Å². The summed E-state index contributed by atoms with van der Waals surface area (Å²) in [6, 6.07) is 3.47. The number of nitrogens with zero attached hydrogens (tertiary/aromatic N) is 3. The molecule has 1 saturated heterocycles. The van der Waals surface area contributed by atoms with Crippen molar-refractivity contribution < 1.29 is 4.74 Å². The van der Waals surface area contributed by atoms with E-state index in [1.54, 1.807) is 18.3 Å². The molecule has 2 heterocycles. The molecule has 1 aliphatic heterocycles. The maximum absolute atomic E-state index is 6.02. The molecule has 22 heavy (non-hydrogen) atoms. The molecule has 0 aliphatic carbocycles. The lowest BCUT2D eigenvalue weighted by Gasteiger charge is -2.26. The number of aromatic nitrogens is 2. The molecule has 7 heteroatoms. The van der Waals surface area contributed by atoms with Crippen molar-refractivity contribution in [1.82, 2.24) is 14.9 Å². The van der Waals surface area contributed by atoms with Gasteiger partial charge in [-0.2, -0.15) is 0 Å². The monoisotopic (exact) mass is 340 g/mol. The van der Waals surface area contributed by atoms with Crippen LogP contribution >= 0.6 is 23.2 Å². The van der Waals surface area contributed by atoms with Crippen LogP contribution in [-0.4, -0.2) is 54.3 Å². The third-order valence-corrected chi connectivity index (χ3v) is 4.37. The van der Waals surface area contributed by atoms with Gasteiger partial charge in [-0.15, -0.1) is 0 Å². The molecular formula is C15H18Cl2N4O. The van der Waals surface area contributed by atoms with Crippen molar-refractivity contribution in [3.8, 4) is 0 Å². The van der Waals surface area contributed by atoms with E-state index in [1.807, 2.05) is 0 Å². The average Bonchev–Trinajstić information content (AvgIpc) is 2.54. The van der Waals surface area contributed by atoms with Crippen LogP contribution in [0.4, 0.5) is 5.82 Å². The standard InChI is InChI=1S/C15H18Cl2N4O/c16-11-8-13-14(9-12(11)17)20-15(10-19-13)18-2-1-3-21-4-6-22-7-5-21/h8-10H,1-7H2,(H,18,20). The van der Waals surface area contributed by atoms with E-state index in [4.69, 9.17) is 27.9 Å². The van der Waals surface area contributed by atoms with E-state index in [0.717, 1.165) is 62.7 Å². The lowest BCUT2D eigenvalue weighted by molar-refractivity contribution is 0.0378. The highest BCUT2D eigenvalue weighted by molar-refractivity contribution is 6.42. The van der Waals surface area contributed by atoms with Gasteiger partial charge in [-0.1, -0.05) is 23.2 Å². The van der Waals surface area contributed by atoms with Gasteiger partial charge in [0, 0.05) is 19.6 Å². The van der Waals surface area contributed by atoms with Crippen molar-refractivity contribution in [1.29, 1.82) is 0 Å². The average molecular weight is 341 g/mol. The van der Waals surface area contributed by atoms with E-state index >= 15 is 0 Å². The van der Waals surface area contributed by atoms with E-state index in [9.17, 15) is 0 Å². The Balaban J connectivity index is 1.54. The van der Waals surface area contributed by atoms with Gasteiger partial charge in [0.25, 0.3) is 0 Å². The summed E-state index contributed by atoms with van der Waals surface area (Å²) in [7, 11) is 0. The van der Waals surface area contributed by atoms with Gasteiger partial charge in [0.1, 0.15) is 5.82 Å².